The summed E-state index contributed by atoms with van der Waals surface area (Å²) in [6.45, 7) is 0. The quantitative estimate of drug-likeness (QED) is 0.712. The van der Waals surface area contributed by atoms with Gasteiger partial charge in [0.05, 0.1) is 11.3 Å². The number of halogens is 3. The molecule has 1 atom stereocenters. The topological polar surface area (TPSA) is 67.1 Å². The zero-order chi connectivity index (χ0) is 19.2. The molecule has 0 saturated heterocycles. The van der Waals surface area contributed by atoms with Gasteiger partial charge in [-0.2, -0.15) is 13.2 Å². The first-order valence-corrected chi connectivity index (χ1v) is 8.16. The number of phenols is 1. The Bertz CT molecular complexity index is 993. The largest absolute Gasteiger partial charge is 0.508 e. The van der Waals surface area contributed by atoms with Crippen LogP contribution in [0.25, 0.3) is 5.69 Å². The summed E-state index contributed by atoms with van der Waals surface area (Å²) in [5, 5.41) is 12.2. The number of nitrogens with one attached hydrogen (secondary N) is 1. The summed E-state index contributed by atoms with van der Waals surface area (Å²) in [6, 6.07) is 11.2. The number of benzene rings is 2. The number of phenolic OH excluding ortho intramolecular Hbond substituents is 1. The highest BCUT2D eigenvalue weighted by atomic mass is 19.4. The molecule has 0 fully saturated rings. The lowest BCUT2D eigenvalue weighted by Gasteiger charge is -2.23. The van der Waals surface area contributed by atoms with Crippen LogP contribution in [0.1, 0.15) is 29.2 Å². The summed E-state index contributed by atoms with van der Waals surface area (Å²) >= 11 is 0. The van der Waals surface area contributed by atoms with Crippen LogP contribution >= 0.6 is 0 Å². The highest BCUT2D eigenvalue weighted by Crippen LogP contribution is 2.38. The molecule has 1 aliphatic heterocycles. The Hall–Kier alpha value is -3.29. The third-order valence-electron chi connectivity index (χ3n) is 4.54. The molecule has 5 nitrogen and oxygen atoms in total. The number of rotatable bonds is 2. The van der Waals surface area contributed by atoms with Gasteiger partial charge in [0.15, 0.2) is 0 Å². The molecule has 3 aromatic rings. The van der Waals surface area contributed by atoms with Crippen molar-refractivity contribution >= 4 is 11.7 Å². The molecular weight excluding hydrogens is 359 g/mol. The minimum absolute atomic E-state index is 0.120. The SMILES string of the molecule is O=C1C[C@H](c2ccc(O)cc2)c2ncn(-c3ccc(C(F)(F)F)cc3)c2N1. The third kappa shape index (κ3) is 3.14. The Morgan fingerprint density at radius 3 is 2.37 bits per heavy atom. The molecule has 0 radical (unpaired) electrons. The molecule has 0 unspecified atom stereocenters. The average molecular weight is 373 g/mol. The number of imidazole rings is 1. The molecule has 2 heterocycles. The van der Waals surface area contributed by atoms with E-state index in [9.17, 15) is 23.1 Å². The van der Waals surface area contributed by atoms with Gasteiger partial charge in [-0.1, -0.05) is 12.1 Å². The smallest absolute Gasteiger partial charge is 0.416 e. The minimum Gasteiger partial charge on any atom is -0.508 e. The van der Waals surface area contributed by atoms with E-state index < -0.39 is 11.7 Å². The van der Waals surface area contributed by atoms with Crippen molar-refractivity contribution < 1.29 is 23.1 Å². The number of aromatic hydroxyl groups is 1. The van der Waals surface area contributed by atoms with E-state index in [0.29, 0.717) is 17.2 Å². The second-order valence-electron chi connectivity index (χ2n) is 6.29. The molecule has 2 N–H and O–H groups in total. The van der Waals surface area contributed by atoms with Gasteiger partial charge >= 0.3 is 6.18 Å². The number of nitrogens with zero attached hydrogens (tertiary/aromatic N) is 2. The normalized spacial score (nSPS) is 16.7. The fraction of sp³-hybridized carbons (Fsp3) is 0.158. The molecule has 0 saturated carbocycles. The van der Waals surface area contributed by atoms with Gasteiger partial charge in [0, 0.05) is 18.0 Å². The molecule has 1 aromatic heterocycles. The number of anilines is 1. The van der Waals surface area contributed by atoms with Crippen molar-refractivity contribution in [1.29, 1.82) is 0 Å². The van der Waals surface area contributed by atoms with Crippen LogP contribution in [0.5, 0.6) is 5.75 Å². The summed E-state index contributed by atoms with van der Waals surface area (Å²) < 4.78 is 39.8. The van der Waals surface area contributed by atoms with E-state index in [4.69, 9.17) is 0 Å². The van der Waals surface area contributed by atoms with Gasteiger partial charge in [-0.15, -0.1) is 0 Å². The van der Waals surface area contributed by atoms with E-state index in [-0.39, 0.29) is 24.0 Å². The van der Waals surface area contributed by atoms with Crippen LogP contribution < -0.4 is 5.32 Å². The van der Waals surface area contributed by atoms with Crippen molar-refractivity contribution in [3.8, 4) is 11.4 Å². The summed E-state index contributed by atoms with van der Waals surface area (Å²) in [7, 11) is 0. The first-order valence-electron chi connectivity index (χ1n) is 8.16. The maximum atomic E-state index is 12.8. The van der Waals surface area contributed by atoms with Crippen molar-refractivity contribution in [2.24, 2.45) is 0 Å². The summed E-state index contributed by atoms with van der Waals surface area (Å²) in [6.07, 6.45) is -2.74. The number of aromatic nitrogens is 2. The maximum absolute atomic E-state index is 12.8. The number of fused-ring (bicyclic) bond motifs is 1. The Labute approximate surface area is 152 Å². The molecule has 1 amide bonds. The van der Waals surface area contributed by atoms with Crippen LogP contribution in [0, 0.1) is 0 Å². The molecule has 2 aromatic carbocycles. The van der Waals surface area contributed by atoms with Gasteiger partial charge in [0.25, 0.3) is 0 Å². The molecule has 1 aliphatic rings. The van der Waals surface area contributed by atoms with Gasteiger partial charge in [-0.25, -0.2) is 4.98 Å². The number of amides is 1. The Balaban J connectivity index is 1.74. The Morgan fingerprint density at radius 2 is 1.74 bits per heavy atom. The van der Waals surface area contributed by atoms with E-state index in [1.807, 2.05) is 0 Å². The standard InChI is InChI=1S/C19H14F3N3O2/c20-19(21,22)12-3-5-13(6-4-12)25-10-23-17-15(9-16(27)24-18(17)25)11-1-7-14(26)8-2-11/h1-8,10,15,26H,9H2,(H,24,27)/t15-/m1/s1. The molecule has 4 rings (SSSR count). The molecule has 8 heteroatoms. The summed E-state index contributed by atoms with van der Waals surface area (Å²) in [5.74, 6) is 0.0397. The molecule has 138 valence electrons. The number of hydrogen-bond donors (Lipinski definition) is 2. The van der Waals surface area contributed by atoms with Crippen LogP contribution in [0.4, 0.5) is 19.0 Å². The van der Waals surface area contributed by atoms with Crippen LogP contribution in [0.15, 0.2) is 54.9 Å². The first kappa shape index (κ1) is 17.1. The highest BCUT2D eigenvalue weighted by molar-refractivity contribution is 5.94. The van der Waals surface area contributed by atoms with Gasteiger partial charge in [0.1, 0.15) is 17.9 Å². The number of carbonyl (C=O) groups excluding carboxylic acids is 1. The van der Waals surface area contributed by atoms with E-state index >= 15 is 0 Å². The maximum Gasteiger partial charge on any atom is 0.416 e. The lowest BCUT2D eigenvalue weighted by atomic mass is 9.90. The van der Waals surface area contributed by atoms with Gasteiger partial charge in [-0.3, -0.25) is 9.36 Å². The van der Waals surface area contributed by atoms with Crippen LogP contribution in [0.3, 0.4) is 0 Å². The van der Waals surface area contributed by atoms with Crippen molar-refractivity contribution in [3.05, 3.63) is 71.7 Å². The van der Waals surface area contributed by atoms with Crippen LogP contribution in [-0.4, -0.2) is 20.6 Å². The summed E-state index contributed by atoms with van der Waals surface area (Å²) in [5.41, 5.74) is 1.16. The average Bonchev–Trinajstić information content (AvgIpc) is 3.05. The second kappa shape index (κ2) is 6.15. The number of alkyl halides is 3. The Morgan fingerprint density at radius 1 is 1.07 bits per heavy atom. The first-order chi connectivity index (χ1) is 12.8. The molecular formula is C19H14F3N3O2. The van der Waals surface area contributed by atoms with Gasteiger partial charge in [0.2, 0.25) is 5.91 Å². The molecule has 0 spiro atoms. The van der Waals surface area contributed by atoms with Gasteiger partial charge in [-0.05, 0) is 42.0 Å². The van der Waals surface area contributed by atoms with Crippen molar-refractivity contribution in [2.45, 2.75) is 18.5 Å². The molecule has 0 aliphatic carbocycles. The van der Waals surface area contributed by atoms with E-state index in [0.717, 1.165) is 17.7 Å². The predicted octanol–water partition coefficient (Wildman–Crippen LogP) is 4.07. The lowest BCUT2D eigenvalue weighted by Crippen LogP contribution is -2.24. The lowest BCUT2D eigenvalue weighted by molar-refractivity contribution is -0.137. The van der Waals surface area contributed by atoms with Crippen LogP contribution in [0.2, 0.25) is 0 Å². The van der Waals surface area contributed by atoms with Crippen LogP contribution in [-0.2, 0) is 11.0 Å². The van der Waals surface area contributed by atoms with E-state index in [1.54, 1.807) is 16.7 Å². The third-order valence-corrected chi connectivity index (χ3v) is 4.54. The Kier molecular flexibility index (Phi) is 3.91. The zero-order valence-corrected chi connectivity index (χ0v) is 13.9. The molecule has 27 heavy (non-hydrogen) atoms. The van der Waals surface area contributed by atoms with E-state index in [1.165, 1.54) is 30.6 Å². The van der Waals surface area contributed by atoms with Crippen molar-refractivity contribution in [1.82, 2.24) is 9.55 Å². The monoisotopic (exact) mass is 373 g/mol. The second-order valence-corrected chi connectivity index (χ2v) is 6.29. The van der Waals surface area contributed by atoms with Crippen molar-refractivity contribution in [3.63, 3.8) is 0 Å². The molecule has 0 bridgehead atoms. The zero-order valence-electron chi connectivity index (χ0n) is 13.9. The highest BCUT2D eigenvalue weighted by Gasteiger charge is 2.32. The fourth-order valence-corrected chi connectivity index (χ4v) is 3.20. The predicted molar refractivity (Wildman–Crippen MR) is 91.8 cm³/mol. The fourth-order valence-electron chi connectivity index (χ4n) is 3.20. The van der Waals surface area contributed by atoms with Gasteiger partial charge < -0.3 is 10.4 Å². The number of carbonyl (C=O) groups is 1. The van der Waals surface area contributed by atoms with Crippen molar-refractivity contribution in [2.75, 3.05) is 5.32 Å². The minimum atomic E-state index is -4.41. The summed E-state index contributed by atoms with van der Waals surface area (Å²) in [4.78, 5) is 16.6. The number of hydrogen-bond acceptors (Lipinski definition) is 3. The van der Waals surface area contributed by atoms with E-state index in [2.05, 4.69) is 10.3 Å².